The van der Waals surface area contributed by atoms with Gasteiger partial charge in [-0.2, -0.15) is 0 Å². The molecule has 0 saturated carbocycles. The van der Waals surface area contributed by atoms with Crippen molar-refractivity contribution in [2.24, 2.45) is 0 Å². The number of rotatable bonds is 2. The van der Waals surface area contributed by atoms with E-state index in [2.05, 4.69) is 20.4 Å². The zero-order chi connectivity index (χ0) is 11.0. The maximum absolute atomic E-state index is 8.96. The zero-order valence-corrected chi connectivity index (χ0v) is 9.51. The van der Waals surface area contributed by atoms with Crippen molar-refractivity contribution in [3.63, 3.8) is 0 Å². The molecule has 0 aromatic heterocycles. The molecule has 0 amide bonds. The molecule has 1 nitrogen and oxygen atoms in total. The minimum Gasteiger partial charge on any atom is -0.508 e. The molecule has 0 bridgehead atoms. The van der Waals surface area contributed by atoms with Crippen molar-refractivity contribution in [1.82, 2.24) is 0 Å². The van der Waals surface area contributed by atoms with Crippen LogP contribution in [-0.4, -0.2) is 5.11 Å². The van der Waals surface area contributed by atoms with Gasteiger partial charge < -0.3 is 5.11 Å². The van der Waals surface area contributed by atoms with Crippen LogP contribution in [0.3, 0.4) is 0 Å². The first kappa shape index (κ1) is 13.1. The van der Waals surface area contributed by atoms with Gasteiger partial charge in [0.2, 0.25) is 0 Å². The maximum atomic E-state index is 8.96. The number of alkyl halides is 1. The van der Waals surface area contributed by atoms with Gasteiger partial charge >= 0.3 is 0 Å². The standard InChI is InChI=1S/C9H9ClO.C3H8/c1-7(11)9-4-2-8(6-10)3-5-9;1-3-2/h2-5,11H,1,6H2;3H2,1-2H3. The van der Waals surface area contributed by atoms with Gasteiger partial charge in [0.05, 0.1) is 0 Å². The lowest BCUT2D eigenvalue weighted by Crippen LogP contribution is -1.81. The molecule has 0 saturated heterocycles. The largest absolute Gasteiger partial charge is 0.508 e. The lowest BCUT2D eigenvalue weighted by molar-refractivity contribution is 0.514. The monoisotopic (exact) mass is 212 g/mol. The highest BCUT2D eigenvalue weighted by atomic mass is 35.5. The maximum Gasteiger partial charge on any atom is 0.115 e. The van der Waals surface area contributed by atoms with Gasteiger partial charge in [0.25, 0.3) is 0 Å². The highest BCUT2D eigenvalue weighted by molar-refractivity contribution is 6.17. The Morgan fingerprint density at radius 3 is 2.00 bits per heavy atom. The van der Waals surface area contributed by atoms with Gasteiger partial charge in [0.15, 0.2) is 0 Å². The first-order valence-electron chi connectivity index (χ1n) is 4.68. The summed E-state index contributed by atoms with van der Waals surface area (Å²) in [5, 5.41) is 8.96. The summed E-state index contributed by atoms with van der Waals surface area (Å²) in [7, 11) is 0. The summed E-state index contributed by atoms with van der Waals surface area (Å²) in [5.74, 6) is 0.587. The third-order valence-corrected chi connectivity index (χ3v) is 1.75. The van der Waals surface area contributed by atoms with Crippen molar-refractivity contribution < 1.29 is 5.11 Å². The van der Waals surface area contributed by atoms with E-state index in [4.69, 9.17) is 16.7 Å². The molecule has 0 radical (unpaired) electrons. The molecule has 0 fully saturated rings. The van der Waals surface area contributed by atoms with E-state index in [9.17, 15) is 0 Å². The Bertz CT molecular complexity index is 264. The summed E-state index contributed by atoms with van der Waals surface area (Å²) in [5.41, 5.74) is 1.77. The van der Waals surface area contributed by atoms with Crippen molar-refractivity contribution in [2.45, 2.75) is 26.1 Å². The number of aliphatic hydroxyl groups is 1. The smallest absolute Gasteiger partial charge is 0.115 e. The van der Waals surface area contributed by atoms with E-state index in [-0.39, 0.29) is 5.76 Å². The Morgan fingerprint density at radius 1 is 1.29 bits per heavy atom. The average Bonchev–Trinajstić information content (AvgIpc) is 2.19. The molecule has 1 aromatic rings. The van der Waals surface area contributed by atoms with Gasteiger partial charge in [-0.25, -0.2) is 0 Å². The minimum atomic E-state index is 0.0890. The SMILES string of the molecule is C=C(O)c1ccc(CCl)cc1.CCC. The van der Waals surface area contributed by atoms with E-state index >= 15 is 0 Å². The van der Waals surface area contributed by atoms with Gasteiger partial charge in [-0.05, 0) is 5.56 Å². The van der Waals surface area contributed by atoms with E-state index < -0.39 is 0 Å². The van der Waals surface area contributed by atoms with Gasteiger partial charge in [0, 0.05) is 11.4 Å². The lowest BCUT2D eigenvalue weighted by Gasteiger charge is -1.98. The lowest BCUT2D eigenvalue weighted by atomic mass is 10.1. The predicted molar refractivity (Wildman–Crippen MR) is 63.6 cm³/mol. The van der Waals surface area contributed by atoms with Crippen molar-refractivity contribution in [2.75, 3.05) is 0 Å². The molecule has 0 spiro atoms. The third-order valence-electron chi connectivity index (χ3n) is 1.44. The molecular formula is C12H17ClO. The quantitative estimate of drug-likeness (QED) is 0.570. The van der Waals surface area contributed by atoms with E-state index in [1.165, 1.54) is 6.42 Å². The van der Waals surface area contributed by atoms with Crippen molar-refractivity contribution in [1.29, 1.82) is 0 Å². The van der Waals surface area contributed by atoms with Crippen molar-refractivity contribution >= 4 is 17.4 Å². The second-order valence-corrected chi connectivity index (χ2v) is 3.25. The Hall–Kier alpha value is -0.950. The summed E-state index contributed by atoms with van der Waals surface area (Å²) in [6.45, 7) is 7.65. The third kappa shape index (κ3) is 4.93. The minimum absolute atomic E-state index is 0.0890. The fourth-order valence-corrected chi connectivity index (χ4v) is 0.964. The van der Waals surface area contributed by atoms with Crippen LogP contribution < -0.4 is 0 Å². The van der Waals surface area contributed by atoms with Crippen molar-refractivity contribution in [3.05, 3.63) is 42.0 Å². The van der Waals surface area contributed by atoms with Crippen LogP contribution in [-0.2, 0) is 5.88 Å². The molecule has 0 aliphatic carbocycles. The van der Waals surface area contributed by atoms with E-state index in [0.717, 1.165) is 11.1 Å². The van der Waals surface area contributed by atoms with Crippen molar-refractivity contribution in [3.8, 4) is 0 Å². The first-order valence-corrected chi connectivity index (χ1v) is 5.22. The molecule has 0 atom stereocenters. The van der Waals surface area contributed by atoms with E-state index in [1.807, 2.05) is 12.1 Å². The van der Waals surface area contributed by atoms with Gasteiger partial charge in [-0.3, -0.25) is 0 Å². The van der Waals surface area contributed by atoms with Crippen LogP contribution in [0.25, 0.3) is 5.76 Å². The van der Waals surface area contributed by atoms with Gasteiger partial charge in [0.1, 0.15) is 5.76 Å². The number of aliphatic hydroxyl groups excluding tert-OH is 1. The van der Waals surface area contributed by atoms with E-state index in [0.29, 0.717) is 5.88 Å². The Kier molecular flexibility index (Phi) is 6.95. The Balaban J connectivity index is 0.000000500. The molecule has 2 heteroatoms. The summed E-state index contributed by atoms with van der Waals surface area (Å²) >= 11 is 5.57. The average molecular weight is 213 g/mol. The fraction of sp³-hybridized carbons (Fsp3) is 0.333. The number of hydrogen-bond acceptors (Lipinski definition) is 1. The predicted octanol–water partition coefficient (Wildman–Crippen LogP) is 4.37. The molecule has 1 N–H and O–H groups in total. The molecule has 0 heterocycles. The summed E-state index contributed by atoms with van der Waals surface area (Å²) in [6, 6.07) is 7.31. The summed E-state index contributed by atoms with van der Waals surface area (Å²) in [6.07, 6.45) is 1.25. The van der Waals surface area contributed by atoms with Crippen LogP contribution in [0.15, 0.2) is 30.8 Å². The van der Waals surface area contributed by atoms with Crippen LogP contribution in [0.5, 0.6) is 0 Å². The highest BCUT2D eigenvalue weighted by Crippen LogP contribution is 2.11. The fourth-order valence-electron chi connectivity index (χ4n) is 0.786. The topological polar surface area (TPSA) is 20.2 Å². The number of hydrogen-bond donors (Lipinski definition) is 1. The second-order valence-electron chi connectivity index (χ2n) is 2.98. The summed E-state index contributed by atoms with van der Waals surface area (Å²) in [4.78, 5) is 0. The zero-order valence-electron chi connectivity index (χ0n) is 8.76. The van der Waals surface area contributed by atoms with E-state index in [1.54, 1.807) is 12.1 Å². The molecule has 78 valence electrons. The summed E-state index contributed by atoms with van der Waals surface area (Å²) < 4.78 is 0. The van der Waals surface area contributed by atoms with Crippen LogP contribution in [0, 0.1) is 0 Å². The molecule has 0 aliphatic heterocycles. The number of benzene rings is 1. The molecule has 1 rings (SSSR count). The van der Waals surface area contributed by atoms with Crippen LogP contribution >= 0.6 is 11.6 Å². The molecule has 1 aromatic carbocycles. The van der Waals surface area contributed by atoms with Crippen LogP contribution in [0.4, 0.5) is 0 Å². The normalized spacial score (nSPS) is 8.79. The molecular weight excluding hydrogens is 196 g/mol. The molecule has 14 heavy (non-hydrogen) atoms. The second kappa shape index (κ2) is 7.45. The van der Waals surface area contributed by atoms with Gasteiger partial charge in [-0.15, -0.1) is 11.6 Å². The molecule has 0 aliphatic rings. The highest BCUT2D eigenvalue weighted by Gasteiger charge is 1.94. The first-order chi connectivity index (χ1) is 6.65. The Labute approximate surface area is 91.0 Å². The van der Waals surface area contributed by atoms with Crippen LogP contribution in [0.1, 0.15) is 31.4 Å². The Morgan fingerprint density at radius 2 is 1.71 bits per heavy atom. The molecule has 0 unspecified atom stereocenters. The number of halogens is 1. The van der Waals surface area contributed by atoms with Crippen LogP contribution in [0.2, 0.25) is 0 Å². The van der Waals surface area contributed by atoms with Gasteiger partial charge in [-0.1, -0.05) is 51.1 Å².